The molecule has 0 aliphatic rings. The standard InChI is InChI=1S/C14H23ClN2/c1-11(2)17(4)9-8-16-12(3)13-6-5-7-14(15)10-13/h5-7,10-12,16H,8-9H2,1-4H3. The molecule has 0 saturated carbocycles. The van der Waals surface area contributed by atoms with Crippen molar-refractivity contribution < 1.29 is 0 Å². The highest BCUT2D eigenvalue weighted by molar-refractivity contribution is 6.30. The van der Waals surface area contributed by atoms with Gasteiger partial charge in [0, 0.05) is 30.2 Å². The van der Waals surface area contributed by atoms with Crippen LogP contribution in [0.3, 0.4) is 0 Å². The van der Waals surface area contributed by atoms with E-state index in [2.05, 4.69) is 44.1 Å². The van der Waals surface area contributed by atoms with Gasteiger partial charge in [0.1, 0.15) is 0 Å². The lowest BCUT2D eigenvalue weighted by Gasteiger charge is -2.22. The topological polar surface area (TPSA) is 15.3 Å². The SMILES string of the molecule is CC(NCCN(C)C(C)C)c1cccc(Cl)c1. The minimum absolute atomic E-state index is 0.342. The fraction of sp³-hybridized carbons (Fsp3) is 0.571. The quantitative estimate of drug-likeness (QED) is 0.838. The van der Waals surface area contributed by atoms with E-state index in [-0.39, 0.29) is 0 Å². The molecule has 0 spiro atoms. The minimum atomic E-state index is 0.342. The van der Waals surface area contributed by atoms with Crippen LogP contribution in [0.4, 0.5) is 0 Å². The van der Waals surface area contributed by atoms with Gasteiger partial charge in [0.25, 0.3) is 0 Å². The highest BCUT2D eigenvalue weighted by atomic mass is 35.5. The minimum Gasteiger partial charge on any atom is -0.309 e. The number of rotatable bonds is 6. The second kappa shape index (κ2) is 7.00. The van der Waals surface area contributed by atoms with Crippen molar-refractivity contribution in [2.75, 3.05) is 20.1 Å². The molecule has 0 aromatic heterocycles. The van der Waals surface area contributed by atoms with E-state index in [0.29, 0.717) is 12.1 Å². The van der Waals surface area contributed by atoms with Crippen LogP contribution in [0.5, 0.6) is 0 Å². The Morgan fingerprint density at radius 2 is 2.00 bits per heavy atom. The van der Waals surface area contributed by atoms with Crippen LogP contribution in [0.25, 0.3) is 0 Å². The second-order valence-corrected chi connectivity index (χ2v) is 5.24. The molecular weight excluding hydrogens is 232 g/mol. The molecule has 0 heterocycles. The van der Waals surface area contributed by atoms with Crippen LogP contribution in [-0.4, -0.2) is 31.1 Å². The van der Waals surface area contributed by atoms with Gasteiger partial charge in [-0.15, -0.1) is 0 Å². The van der Waals surface area contributed by atoms with Crippen LogP contribution in [0.15, 0.2) is 24.3 Å². The molecule has 2 nitrogen and oxygen atoms in total. The molecular formula is C14H23ClN2. The predicted octanol–water partition coefficient (Wildman–Crippen LogP) is 3.33. The Balaban J connectivity index is 2.37. The van der Waals surface area contributed by atoms with Crippen LogP contribution in [-0.2, 0) is 0 Å². The number of likely N-dealkylation sites (N-methyl/N-ethyl adjacent to an activating group) is 1. The Kier molecular flexibility index (Phi) is 5.96. The first-order valence-electron chi connectivity index (χ1n) is 6.19. The van der Waals surface area contributed by atoms with Crippen molar-refractivity contribution in [2.45, 2.75) is 32.9 Å². The number of hydrogen-bond acceptors (Lipinski definition) is 2. The zero-order chi connectivity index (χ0) is 12.8. The third-order valence-electron chi connectivity index (χ3n) is 3.15. The zero-order valence-corrected chi connectivity index (χ0v) is 12.0. The lowest BCUT2D eigenvalue weighted by Crippen LogP contribution is -2.34. The molecule has 0 bridgehead atoms. The van der Waals surface area contributed by atoms with E-state index < -0.39 is 0 Å². The maximum absolute atomic E-state index is 5.98. The Hall–Kier alpha value is -0.570. The summed E-state index contributed by atoms with van der Waals surface area (Å²) in [6, 6.07) is 8.97. The van der Waals surface area contributed by atoms with Crippen molar-refractivity contribution >= 4 is 11.6 Å². The van der Waals surface area contributed by atoms with Crippen LogP contribution < -0.4 is 5.32 Å². The van der Waals surface area contributed by atoms with Gasteiger partial charge in [-0.1, -0.05) is 23.7 Å². The monoisotopic (exact) mass is 254 g/mol. The van der Waals surface area contributed by atoms with Gasteiger partial charge in [-0.2, -0.15) is 0 Å². The number of hydrogen-bond donors (Lipinski definition) is 1. The fourth-order valence-electron chi connectivity index (χ4n) is 1.61. The van der Waals surface area contributed by atoms with Crippen molar-refractivity contribution in [1.82, 2.24) is 10.2 Å². The number of nitrogens with zero attached hydrogens (tertiary/aromatic N) is 1. The summed E-state index contributed by atoms with van der Waals surface area (Å²) in [5.74, 6) is 0. The highest BCUT2D eigenvalue weighted by Crippen LogP contribution is 2.16. The van der Waals surface area contributed by atoms with Crippen molar-refractivity contribution in [3.8, 4) is 0 Å². The molecule has 0 amide bonds. The molecule has 1 unspecified atom stereocenters. The molecule has 1 aromatic rings. The maximum Gasteiger partial charge on any atom is 0.0409 e. The molecule has 3 heteroatoms. The molecule has 1 rings (SSSR count). The Morgan fingerprint density at radius 1 is 1.29 bits per heavy atom. The Labute approximate surface area is 110 Å². The lowest BCUT2D eigenvalue weighted by atomic mass is 10.1. The summed E-state index contributed by atoms with van der Waals surface area (Å²) in [6.45, 7) is 8.63. The summed E-state index contributed by atoms with van der Waals surface area (Å²) in [7, 11) is 2.15. The molecule has 0 saturated heterocycles. The third kappa shape index (κ3) is 5.07. The summed E-state index contributed by atoms with van der Waals surface area (Å²) >= 11 is 5.98. The van der Waals surface area contributed by atoms with Crippen LogP contribution in [0.1, 0.15) is 32.4 Å². The van der Waals surface area contributed by atoms with Gasteiger partial charge in [-0.25, -0.2) is 0 Å². The van der Waals surface area contributed by atoms with Crippen molar-refractivity contribution in [3.63, 3.8) is 0 Å². The van der Waals surface area contributed by atoms with E-state index in [1.54, 1.807) is 0 Å². The zero-order valence-electron chi connectivity index (χ0n) is 11.2. The van der Waals surface area contributed by atoms with Gasteiger partial charge in [0.15, 0.2) is 0 Å². The molecule has 0 radical (unpaired) electrons. The highest BCUT2D eigenvalue weighted by Gasteiger charge is 2.06. The summed E-state index contributed by atoms with van der Waals surface area (Å²) in [4.78, 5) is 2.33. The average molecular weight is 255 g/mol. The normalized spacial score (nSPS) is 13.4. The van der Waals surface area contributed by atoms with Crippen LogP contribution >= 0.6 is 11.6 Å². The average Bonchev–Trinajstić information content (AvgIpc) is 2.28. The summed E-state index contributed by atoms with van der Waals surface area (Å²) in [6.07, 6.45) is 0. The van der Waals surface area contributed by atoms with Gasteiger partial charge >= 0.3 is 0 Å². The van der Waals surface area contributed by atoms with Gasteiger partial charge in [0.05, 0.1) is 0 Å². The summed E-state index contributed by atoms with van der Waals surface area (Å²) in [5, 5.41) is 4.31. The number of nitrogens with one attached hydrogen (secondary N) is 1. The van der Waals surface area contributed by atoms with E-state index in [4.69, 9.17) is 11.6 Å². The van der Waals surface area contributed by atoms with Gasteiger partial charge < -0.3 is 10.2 Å². The van der Waals surface area contributed by atoms with E-state index >= 15 is 0 Å². The molecule has 0 aliphatic heterocycles. The molecule has 96 valence electrons. The summed E-state index contributed by atoms with van der Waals surface area (Å²) in [5.41, 5.74) is 1.24. The van der Waals surface area contributed by atoms with Crippen molar-refractivity contribution in [1.29, 1.82) is 0 Å². The molecule has 17 heavy (non-hydrogen) atoms. The van der Waals surface area contributed by atoms with E-state index in [1.165, 1.54) is 5.56 Å². The number of benzene rings is 1. The van der Waals surface area contributed by atoms with Gasteiger partial charge in [-0.05, 0) is 45.5 Å². The summed E-state index contributed by atoms with van der Waals surface area (Å²) < 4.78 is 0. The van der Waals surface area contributed by atoms with Gasteiger partial charge in [-0.3, -0.25) is 0 Å². The van der Waals surface area contributed by atoms with Crippen molar-refractivity contribution in [3.05, 3.63) is 34.9 Å². The Bertz CT molecular complexity index is 339. The fourth-order valence-corrected chi connectivity index (χ4v) is 1.81. The first kappa shape index (κ1) is 14.5. The predicted molar refractivity (Wildman–Crippen MR) is 75.6 cm³/mol. The van der Waals surface area contributed by atoms with E-state index in [1.807, 2.05) is 18.2 Å². The van der Waals surface area contributed by atoms with Crippen LogP contribution in [0, 0.1) is 0 Å². The van der Waals surface area contributed by atoms with Crippen molar-refractivity contribution in [2.24, 2.45) is 0 Å². The molecule has 0 fully saturated rings. The molecule has 1 aromatic carbocycles. The maximum atomic E-state index is 5.98. The Morgan fingerprint density at radius 3 is 2.59 bits per heavy atom. The molecule has 1 N–H and O–H groups in total. The largest absolute Gasteiger partial charge is 0.309 e. The second-order valence-electron chi connectivity index (χ2n) is 4.81. The molecule has 1 atom stereocenters. The lowest BCUT2D eigenvalue weighted by molar-refractivity contribution is 0.270. The van der Waals surface area contributed by atoms with E-state index in [9.17, 15) is 0 Å². The number of halogens is 1. The third-order valence-corrected chi connectivity index (χ3v) is 3.38. The van der Waals surface area contributed by atoms with Crippen LogP contribution in [0.2, 0.25) is 5.02 Å². The smallest absolute Gasteiger partial charge is 0.0409 e. The first-order valence-corrected chi connectivity index (χ1v) is 6.57. The molecule has 0 aliphatic carbocycles. The first-order chi connectivity index (χ1) is 8.00. The van der Waals surface area contributed by atoms with E-state index in [0.717, 1.165) is 18.1 Å². The van der Waals surface area contributed by atoms with Gasteiger partial charge in [0.2, 0.25) is 0 Å².